The normalized spacial score (nSPS) is 14.6. The highest BCUT2D eigenvalue weighted by Crippen LogP contribution is 1.93. The molecule has 0 aliphatic carbocycles. The number of hydrogen-bond acceptors (Lipinski definition) is 3. The van der Waals surface area contributed by atoms with E-state index < -0.39 is 16.3 Å². The van der Waals surface area contributed by atoms with Crippen LogP contribution in [0.25, 0.3) is 0 Å². The molecule has 0 heterocycles. The van der Waals surface area contributed by atoms with E-state index in [0.29, 0.717) is 13.0 Å². The van der Waals surface area contributed by atoms with Crippen LogP contribution in [-0.2, 0) is 10.2 Å². The molecular formula is C8H20N2O3S. The van der Waals surface area contributed by atoms with Crippen LogP contribution >= 0.6 is 0 Å². The van der Waals surface area contributed by atoms with Gasteiger partial charge in [-0.25, -0.2) is 4.72 Å². The lowest BCUT2D eigenvalue weighted by Crippen LogP contribution is -2.45. The third kappa shape index (κ3) is 6.31. The fourth-order valence-electron chi connectivity index (χ4n) is 0.787. The van der Waals surface area contributed by atoms with Crippen LogP contribution < -0.4 is 9.44 Å². The molecule has 0 aromatic carbocycles. The van der Waals surface area contributed by atoms with Gasteiger partial charge in [-0.1, -0.05) is 20.8 Å². The van der Waals surface area contributed by atoms with Gasteiger partial charge in [0.25, 0.3) is 10.2 Å². The van der Waals surface area contributed by atoms with Crippen molar-refractivity contribution in [2.75, 3.05) is 13.2 Å². The maximum atomic E-state index is 11.3. The second-order valence-electron chi connectivity index (χ2n) is 3.65. The Balaban J connectivity index is 4.06. The molecule has 5 nitrogen and oxygen atoms in total. The van der Waals surface area contributed by atoms with Crippen LogP contribution in [0.15, 0.2) is 0 Å². The highest BCUT2D eigenvalue weighted by atomic mass is 32.2. The van der Waals surface area contributed by atoms with E-state index in [1.165, 1.54) is 0 Å². The fourth-order valence-corrected chi connectivity index (χ4v) is 2.10. The molecule has 0 saturated heterocycles. The molecular weight excluding hydrogens is 204 g/mol. The average molecular weight is 224 g/mol. The Bertz CT molecular complexity index is 235. The lowest BCUT2D eigenvalue weighted by molar-refractivity contribution is 0.253. The van der Waals surface area contributed by atoms with Gasteiger partial charge in [0, 0.05) is 12.6 Å². The first-order valence-corrected chi connectivity index (χ1v) is 6.27. The van der Waals surface area contributed by atoms with Crippen LogP contribution in [0.2, 0.25) is 0 Å². The Hall–Kier alpha value is -0.170. The van der Waals surface area contributed by atoms with E-state index in [9.17, 15) is 8.42 Å². The van der Waals surface area contributed by atoms with Gasteiger partial charge in [0.05, 0.1) is 6.61 Å². The summed E-state index contributed by atoms with van der Waals surface area (Å²) in [6.45, 7) is 5.87. The molecule has 0 spiro atoms. The van der Waals surface area contributed by atoms with Crippen molar-refractivity contribution in [1.82, 2.24) is 9.44 Å². The lowest BCUT2D eigenvalue weighted by atomic mass is 10.2. The maximum absolute atomic E-state index is 11.3. The van der Waals surface area contributed by atoms with Crippen LogP contribution in [0.1, 0.15) is 27.2 Å². The molecule has 1 unspecified atom stereocenters. The van der Waals surface area contributed by atoms with E-state index in [1.807, 2.05) is 20.8 Å². The van der Waals surface area contributed by atoms with E-state index >= 15 is 0 Å². The van der Waals surface area contributed by atoms with Crippen molar-refractivity contribution in [1.29, 1.82) is 0 Å². The summed E-state index contributed by atoms with van der Waals surface area (Å²) in [5.74, 6) is 0.265. The summed E-state index contributed by atoms with van der Waals surface area (Å²) in [7, 11) is -3.46. The monoisotopic (exact) mass is 224 g/mol. The Morgan fingerprint density at radius 3 is 2.29 bits per heavy atom. The van der Waals surface area contributed by atoms with Gasteiger partial charge in [-0.05, 0) is 12.3 Å². The quantitative estimate of drug-likeness (QED) is 0.562. The summed E-state index contributed by atoms with van der Waals surface area (Å²) in [5, 5.41) is 8.81. The molecule has 86 valence electrons. The molecule has 14 heavy (non-hydrogen) atoms. The van der Waals surface area contributed by atoms with Crippen molar-refractivity contribution in [3.8, 4) is 0 Å². The minimum Gasteiger partial charge on any atom is -0.395 e. The first-order valence-electron chi connectivity index (χ1n) is 4.79. The summed E-state index contributed by atoms with van der Waals surface area (Å²) in [5.41, 5.74) is 0. The molecule has 0 aromatic heterocycles. The zero-order valence-electron chi connectivity index (χ0n) is 8.95. The van der Waals surface area contributed by atoms with Gasteiger partial charge in [-0.15, -0.1) is 0 Å². The van der Waals surface area contributed by atoms with E-state index in [1.54, 1.807) is 0 Å². The first kappa shape index (κ1) is 13.8. The van der Waals surface area contributed by atoms with Gasteiger partial charge in [0.15, 0.2) is 0 Å². The Kier molecular flexibility index (Phi) is 6.26. The van der Waals surface area contributed by atoms with Gasteiger partial charge in [0.1, 0.15) is 0 Å². The molecule has 0 aliphatic heterocycles. The number of aliphatic hydroxyl groups is 1. The van der Waals surface area contributed by atoms with Crippen LogP contribution in [0, 0.1) is 5.92 Å². The Morgan fingerprint density at radius 2 is 1.93 bits per heavy atom. The second kappa shape index (κ2) is 6.34. The summed E-state index contributed by atoms with van der Waals surface area (Å²) in [6.07, 6.45) is 0.569. The van der Waals surface area contributed by atoms with Crippen LogP contribution in [0.4, 0.5) is 0 Å². The van der Waals surface area contributed by atoms with Crippen molar-refractivity contribution in [2.45, 2.75) is 33.2 Å². The minimum absolute atomic E-state index is 0.181. The summed E-state index contributed by atoms with van der Waals surface area (Å²) < 4.78 is 27.4. The molecule has 0 fully saturated rings. The second-order valence-corrected chi connectivity index (χ2v) is 5.18. The zero-order valence-corrected chi connectivity index (χ0v) is 9.76. The third-order valence-electron chi connectivity index (χ3n) is 1.72. The first-order chi connectivity index (χ1) is 6.41. The van der Waals surface area contributed by atoms with Crippen LogP contribution in [0.5, 0.6) is 0 Å². The van der Waals surface area contributed by atoms with E-state index in [4.69, 9.17) is 5.11 Å². The van der Waals surface area contributed by atoms with Gasteiger partial charge in [0.2, 0.25) is 0 Å². The van der Waals surface area contributed by atoms with Crippen molar-refractivity contribution in [2.24, 2.45) is 5.92 Å². The molecule has 0 aliphatic rings. The number of rotatable bonds is 7. The largest absolute Gasteiger partial charge is 0.395 e. The summed E-state index contributed by atoms with van der Waals surface area (Å²) >= 11 is 0. The molecule has 3 N–H and O–H groups in total. The highest BCUT2D eigenvalue weighted by Gasteiger charge is 2.15. The molecule has 0 rings (SSSR count). The lowest BCUT2D eigenvalue weighted by Gasteiger charge is -2.15. The molecule has 0 aromatic rings. The minimum atomic E-state index is -3.46. The van der Waals surface area contributed by atoms with E-state index in [0.717, 1.165) is 0 Å². The maximum Gasteiger partial charge on any atom is 0.277 e. The number of aliphatic hydroxyl groups excluding tert-OH is 1. The molecule has 1 atom stereocenters. The van der Waals surface area contributed by atoms with Gasteiger partial charge in [-0.3, -0.25) is 0 Å². The predicted octanol–water partition coefficient (Wildman–Crippen LogP) is -0.163. The zero-order chi connectivity index (χ0) is 11.2. The van der Waals surface area contributed by atoms with Crippen molar-refractivity contribution >= 4 is 10.2 Å². The standard InChI is InChI=1S/C8H20N2O3S/c1-4-8(6-11)10-14(12,13)9-5-7(2)3/h7-11H,4-6H2,1-3H3. The van der Waals surface area contributed by atoms with Crippen molar-refractivity contribution < 1.29 is 13.5 Å². The van der Waals surface area contributed by atoms with Gasteiger partial charge >= 0.3 is 0 Å². The molecule has 0 saturated carbocycles. The topological polar surface area (TPSA) is 78.4 Å². The third-order valence-corrected chi connectivity index (χ3v) is 2.91. The molecule has 0 bridgehead atoms. The van der Waals surface area contributed by atoms with Crippen LogP contribution in [-0.4, -0.2) is 32.7 Å². The molecule has 0 radical (unpaired) electrons. The van der Waals surface area contributed by atoms with Gasteiger partial charge in [-0.2, -0.15) is 13.1 Å². The van der Waals surface area contributed by atoms with E-state index in [2.05, 4.69) is 9.44 Å². The fraction of sp³-hybridized carbons (Fsp3) is 1.00. The number of hydrogen-bond donors (Lipinski definition) is 3. The molecule has 6 heteroatoms. The smallest absolute Gasteiger partial charge is 0.277 e. The molecule has 0 amide bonds. The Labute approximate surface area is 86.1 Å². The summed E-state index contributed by atoms with van der Waals surface area (Å²) in [4.78, 5) is 0. The predicted molar refractivity (Wildman–Crippen MR) is 56.1 cm³/mol. The van der Waals surface area contributed by atoms with Crippen molar-refractivity contribution in [3.05, 3.63) is 0 Å². The summed E-state index contributed by atoms with van der Waals surface area (Å²) in [6, 6.07) is -0.403. The number of nitrogens with one attached hydrogen (secondary N) is 2. The average Bonchev–Trinajstić information content (AvgIpc) is 2.11. The van der Waals surface area contributed by atoms with E-state index in [-0.39, 0.29) is 12.5 Å². The van der Waals surface area contributed by atoms with Crippen LogP contribution in [0.3, 0.4) is 0 Å². The highest BCUT2D eigenvalue weighted by molar-refractivity contribution is 7.87. The SMILES string of the molecule is CCC(CO)NS(=O)(=O)NCC(C)C. The van der Waals surface area contributed by atoms with Crippen molar-refractivity contribution in [3.63, 3.8) is 0 Å². The Morgan fingerprint density at radius 1 is 1.36 bits per heavy atom. The van der Waals surface area contributed by atoms with Gasteiger partial charge < -0.3 is 5.11 Å².